The number of hydrogen-bond donors (Lipinski definition) is 0. The zero-order valence-corrected chi connectivity index (χ0v) is 15.0. The van der Waals surface area contributed by atoms with Crippen LogP contribution in [0.2, 0.25) is 0 Å². The zero-order valence-electron chi connectivity index (χ0n) is 15.0. The van der Waals surface area contributed by atoms with Crippen LogP contribution in [0.1, 0.15) is 22.3 Å². The Morgan fingerprint density at radius 2 is 1.89 bits per heavy atom. The first-order valence-electron chi connectivity index (χ1n) is 8.81. The van der Waals surface area contributed by atoms with E-state index in [4.69, 9.17) is 9.15 Å². The minimum absolute atomic E-state index is 0.0787. The molecule has 5 nitrogen and oxygen atoms in total. The highest BCUT2D eigenvalue weighted by atomic mass is 16.5. The number of nitrogens with zero attached hydrogens (tertiary/aromatic N) is 1. The summed E-state index contributed by atoms with van der Waals surface area (Å²) in [4.78, 5) is 26.7. The molecule has 1 aliphatic rings. The summed E-state index contributed by atoms with van der Waals surface area (Å²) in [6, 6.07) is 16.7. The molecule has 4 rings (SSSR count). The Morgan fingerprint density at radius 3 is 2.59 bits per heavy atom. The molecule has 1 amide bonds. The van der Waals surface area contributed by atoms with Crippen LogP contribution in [0.25, 0.3) is 16.5 Å². The number of rotatable bonds is 3. The third kappa shape index (κ3) is 3.36. The fourth-order valence-electron chi connectivity index (χ4n) is 3.30. The molecule has 0 aliphatic carbocycles. The van der Waals surface area contributed by atoms with Crippen molar-refractivity contribution in [3.63, 3.8) is 0 Å². The lowest BCUT2D eigenvalue weighted by molar-refractivity contribution is 0.0769. The topological polar surface area (TPSA) is 59.8 Å². The van der Waals surface area contributed by atoms with Gasteiger partial charge in [-0.25, -0.2) is 4.79 Å². The zero-order chi connectivity index (χ0) is 18.8. The standard InChI is InChI=1S/C22H19NO4/c1-26-18-8-6-15(7-9-18)16-10-12-23(13-11-16)21(24)19-14-17-4-2-3-5-20(17)27-22(19)25/h2-10,14H,11-13H2,1H3. The van der Waals surface area contributed by atoms with Crippen LogP contribution in [0.15, 0.2) is 69.9 Å². The fraction of sp³-hybridized carbons (Fsp3) is 0.182. The van der Waals surface area contributed by atoms with Crippen molar-refractivity contribution >= 4 is 22.4 Å². The lowest BCUT2D eigenvalue weighted by Crippen LogP contribution is -2.37. The van der Waals surface area contributed by atoms with Crippen LogP contribution in [-0.4, -0.2) is 31.0 Å². The van der Waals surface area contributed by atoms with Crippen LogP contribution in [0.5, 0.6) is 5.75 Å². The highest BCUT2D eigenvalue weighted by Gasteiger charge is 2.22. The number of carbonyl (C=O) groups is 1. The van der Waals surface area contributed by atoms with Crippen molar-refractivity contribution in [2.24, 2.45) is 0 Å². The Morgan fingerprint density at radius 1 is 1.11 bits per heavy atom. The highest BCUT2D eigenvalue weighted by molar-refractivity contribution is 5.97. The second-order valence-electron chi connectivity index (χ2n) is 6.44. The summed E-state index contributed by atoms with van der Waals surface area (Å²) in [6.45, 7) is 1.02. The van der Waals surface area contributed by atoms with Crippen molar-refractivity contribution in [2.75, 3.05) is 20.2 Å². The Balaban J connectivity index is 1.55. The predicted octanol–water partition coefficient (Wildman–Crippen LogP) is 3.73. The van der Waals surface area contributed by atoms with E-state index in [1.807, 2.05) is 42.5 Å². The van der Waals surface area contributed by atoms with Gasteiger partial charge in [0.2, 0.25) is 0 Å². The van der Waals surface area contributed by atoms with Gasteiger partial charge in [-0.2, -0.15) is 0 Å². The average molecular weight is 361 g/mol. The van der Waals surface area contributed by atoms with Crippen LogP contribution in [0, 0.1) is 0 Å². The van der Waals surface area contributed by atoms with Crippen molar-refractivity contribution in [3.8, 4) is 5.75 Å². The summed E-state index contributed by atoms with van der Waals surface area (Å²) < 4.78 is 10.5. The molecule has 2 aromatic carbocycles. The summed E-state index contributed by atoms with van der Waals surface area (Å²) in [5.41, 5.74) is 2.28. The van der Waals surface area contributed by atoms with Gasteiger partial charge < -0.3 is 14.1 Å². The summed E-state index contributed by atoms with van der Waals surface area (Å²) in [7, 11) is 1.64. The van der Waals surface area contributed by atoms with Crippen LogP contribution < -0.4 is 10.4 Å². The van der Waals surface area contributed by atoms with Gasteiger partial charge in [0.15, 0.2) is 0 Å². The Kier molecular flexibility index (Phi) is 4.50. The van der Waals surface area contributed by atoms with Crippen LogP contribution in [0.4, 0.5) is 0 Å². The van der Waals surface area contributed by atoms with Gasteiger partial charge >= 0.3 is 5.63 Å². The quantitative estimate of drug-likeness (QED) is 0.667. The molecular weight excluding hydrogens is 342 g/mol. The number of fused-ring (bicyclic) bond motifs is 1. The lowest BCUT2D eigenvalue weighted by atomic mass is 9.99. The summed E-state index contributed by atoms with van der Waals surface area (Å²) in [6.07, 6.45) is 2.77. The third-order valence-corrected chi connectivity index (χ3v) is 4.83. The molecule has 0 N–H and O–H groups in total. The fourth-order valence-corrected chi connectivity index (χ4v) is 3.30. The van der Waals surface area contributed by atoms with E-state index in [-0.39, 0.29) is 11.5 Å². The van der Waals surface area contributed by atoms with E-state index in [9.17, 15) is 9.59 Å². The van der Waals surface area contributed by atoms with E-state index in [0.717, 1.165) is 23.1 Å². The molecule has 0 bridgehead atoms. The van der Waals surface area contributed by atoms with E-state index in [0.29, 0.717) is 18.7 Å². The predicted molar refractivity (Wildman–Crippen MR) is 104 cm³/mol. The normalized spacial score (nSPS) is 14.1. The van der Waals surface area contributed by atoms with Gasteiger partial charge in [0.1, 0.15) is 16.9 Å². The molecule has 0 radical (unpaired) electrons. The molecule has 0 saturated carbocycles. The molecule has 0 unspecified atom stereocenters. The van der Waals surface area contributed by atoms with Gasteiger partial charge in [-0.15, -0.1) is 0 Å². The molecule has 0 fully saturated rings. The summed E-state index contributed by atoms with van der Waals surface area (Å²) in [5, 5.41) is 0.743. The Hall–Kier alpha value is -3.34. The number of methoxy groups -OCH3 is 1. The van der Waals surface area contributed by atoms with Crippen molar-refractivity contribution < 1.29 is 13.9 Å². The third-order valence-electron chi connectivity index (χ3n) is 4.83. The first-order valence-corrected chi connectivity index (χ1v) is 8.81. The maximum absolute atomic E-state index is 12.8. The second kappa shape index (κ2) is 7.11. The molecule has 5 heteroatoms. The van der Waals surface area contributed by atoms with E-state index < -0.39 is 5.63 Å². The first-order chi connectivity index (χ1) is 13.2. The van der Waals surface area contributed by atoms with E-state index >= 15 is 0 Å². The average Bonchev–Trinajstić information content (AvgIpc) is 2.73. The van der Waals surface area contributed by atoms with Crippen molar-refractivity contribution in [3.05, 3.63) is 82.2 Å². The van der Waals surface area contributed by atoms with Crippen molar-refractivity contribution in [1.29, 1.82) is 0 Å². The molecule has 3 aromatic rings. The number of hydrogen-bond acceptors (Lipinski definition) is 4. The van der Waals surface area contributed by atoms with E-state index in [2.05, 4.69) is 0 Å². The highest BCUT2D eigenvalue weighted by Crippen LogP contribution is 2.25. The SMILES string of the molecule is COc1ccc(C2=CCN(C(=O)c3cc4ccccc4oc3=O)CC2)cc1. The van der Waals surface area contributed by atoms with Gasteiger partial charge in [-0.05, 0) is 41.8 Å². The monoisotopic (exact) mass is 361 g/mol. The molecule has 0 spiro atoms. The number of para-hydroxylation sites is 1. The van der Waals surface area contributed by atoms with Gasteiger partial charge in [-0.3, -0.25) is 4.79 Å². The van der Waals surface area contributed by atoms with Crippen LogP contribution in [0.3, 0.4) is 0 Å². The molecular formula is C22H19NO4. The minimum atomic E-state index is -0.594. The Bertz CT molecular complexity index is 1080. The molecule has 1 aromatic heterocycles. The largest absolute Gasteiger partial charge is 0.497 e. The number of ether oxygens (including phenoxy) is 1. The van der Waals surface area contributed by atoms with E-state index in [1.54, 1.807) is 30.2 Å². The Labute approximate surface area is 156 Å². The van der Waals surface area contributed by atoms with Crippen molar-refractivity contribution in [1.82, 2.24) is 4.90 Å². The van der Waals surface area contributed by atoms with Gasteiger partial charge in [0.05, 0.1) is 7.11 Å². The second-order valence-corrected chi connectivity index (χ2v) is 6.44. The van der Waals surface area contributed by atoms with Crippen molar-refractivity contribution in [2.45, 2.75) is 6.42 Å². The smallest absolute Gasteiger partial charge is 0.349 e. The first kappa shape index (κ1) is 17.1. The molecule has 27 heavy (non-hydrogen) atoms. The molecule has 136 valence electrons. The number of benzene rings is 2. The number of carbonyl (C=O) groups excluding carboxylic acids is 1. The van der Waals surface area contributed by atoms with E-state index in [1.165, 1.54) is 5.57 Å². The van der Waals surface area contributed by atoms with Crippen LogP contribution in [-0.2, 0) is 0 Å². The molecule has 2 heterocycles. The lowest BCUT2D eigenvalue weighted by Gasteiger charge is -2.26. The molecule has 0 saturated heterocycles. The molecule has 0 atom stereocenters. The summed E-state index contributed by atoms with van der Waals surface area (Å²) >= 11 is 0. The minimum Gasteiger partial charge on any atom is -0.497 e. The van der Waals surface area contributed by atoms with Crippen LogP contribution >= 0.6 is 0 Å². The number of amides is 1. The van der Waals surface area contributed by atoms with Gasteiger partial charge in [-0.1, -0.05) is 36.4 Å². The van der Waals surface area contributed by atoms with Gasteiger partial charge in [0.25, 0.3) is 5.91 Å². The maximum Gasteiger partial charge on any atom is 0.349 e. The molecule has 1 aliphatic heterocycles. The van der Waals surface area contributed by atoms with Gasteiger partial charge in [0, 0.05) is 18.5 Å². The summed E-state index contributed by atoms with van der Waals surface area (Å²) in [5.74, 6) is 0.523. The maximum atomic E-state index is 12.8.